The van der Waals surface area contributed by atoms with Crippen LogP contribution in [0.2, 0.25) is 5.02 Å². The Hall–Kier alpha value is -0.930. The zero-order chi connectivity index (χ0) is 14.9. The van der Waals surface area contributed by atoms with Crippen LogP contribution in [-0.4, -0.2) is 43.3 Å². The van der Waals surface area contributed by atoms with Gasteiger partial charge in [-0.25, -0.2) is 8.42 Å². The van der Waals surface area contributed by atoms with E-state index >= 15 is 0 Å². The number of nitrogens with one attached hydrogen (secondary N) is 1. The molecular weight excluding hydrogens is 341 g/mol. The van der Waals surface area contributed by atoms with Crippen LogP contribution in [-0.2, 0) is 10.0 Å². The number of nitrogens with zero attached hydrogens (tertiary/aromatic N) is 2. The second-order valence-electron chi connectivity index (χ2n) is 4.56. The molecule has 1 aromatic rings. The van der Waals surface area contributed by atoms with Gasteiger partial charge in [0.2, 0.25) is 0 Å². The second kappa shape index (κ2) is 6.89. The molecule has 118 valence electrons. The minimum Gasteiger partial charge on any atom is -0.312 e. The maximum Gasteiger partial charge on any atom is 0.290 e. The lowest BCUT2D eigenvalue weighted by molar-refractivity contribution is -0.387. The predicted octanol–water partition coefficient (Wildman–Crippen LogP) is 1.65. The lowest BCUT2D eigenvalue weighted by atomic mass is 10.3. The average molecular weight is 356 g/mol. The number of rotatable bonds is 3. The Labute approximate surface area is 133 Å². The van der Waals surface area contributed by atoms with Gasteiger partial charge in [0.05, 0.1) is 9.95 Å². The third-order valence-electron chi connectivity index (χ3n) is 3.07. The molecule has 1 saturated heterocycles. The summed E-state index contributed by atoms with van der Waals surface area (Å²) >= 11 is 5.89. The molecule has 1 fully saturated rings. The highest BCUT2D eigenvalue weighted by Gasteiger charge is 2.35. The Balaban J connectivity index is 0.00000220. The monoisotopic (exact) mass is 355 g/mol. The van der Waals surface area contributed by atoms with Crippen LogP contribution in [0.4, 0.5) is 5.69 Å². The lowest BCUT2D eigenvalue weighted by Gasteiger charge is -2.31. The SMILES string of the molecule is CC1CN(S(=O)(=O)c2c(Cl)cccc2[N+](=O)[O-])CCN1.Cl. The van der Waals surface area contributed by atoms with Crippen LogP contribution < -0.4 is 5.32 Å². The molecule has 1 N–H and O–H groups in total. The van der Waals surface area contributed by atoms with Crippen molar-refractivity contribution in [3.63, 3.8) is 0 Å². The molecule has 0 spiro atoms. The van der Waals surface area contributed by atoms with Crippen molar-refractivity contribution in [2.24, 2.45) is 0 Å². The highest BCUT2D eigenvalue weighted by molar-refractivity contribution is 7.89. The van der Waals surface area contributed by atoms with Gasteiger partial charge in [0.1, 0.15) is 0 Å². The summed E-state index contributed by atoms with van der Waals surface area (Å²) in [4.78, 5) is 9.86. The van der Waals surface area contributed by atoms with Crippen LogP contribution in [0.5, 0.6) is 0 Å². The number of nitro groups is 1. The van der Waals surface area contributed by atoms with Crippen LogP contribution >= 0.6 is 24.0 Å². The Morgan fingerprint density at radius 3 is 2.71 bits per heavy atom. The number of nitro benzene ring substituents is 1. The first-order chi connectivity index (χ1) is 9.34. The van der Waals surface area contributed by atoms with E-state index in [2.05, 4.69) is 5.32 Å². The van der Waals surface area contributed by atoms with Crippen molar-refractivity contribution in [3.8, 4) is 0 Å². The summed E-state index contributed by atoms with van der Waals surface area (Å²) in [6, 6.07) is 3.83. The van der Waals surface area contributed by atoms with Crippen molar-refractivity contribution < 1.29 is 13.3 Å². The molecule has 1 unspecified atom stereocenters. The first-order valence-electron chi connectivity index (χ1n) is 6.00. The second-order valence-corrected chi connectivity index (χ2v) is 6.85. The van der Waals surface area contributed by atoms with Crippen molar-refractivity contribution in [2.45, 2.75) is 17.9 Å². The van der Waals surface area contributed by atoms with Crippen LogP contribution in [0, 0.1) is 10.1 Å². The Morgan fingerprint density at radius 1 is 1.48 bits per heavy atom. The van der Waals surface area contributed by atoms with E-state index in [1.165, 1.54) is 16.4 Å². The number of sulfonamides is 1. The molecule has 0 aromatic heterocycles. The molecule has 1 heterocycles. The van der Waals surface area contributed by atoms with E-state index in [0.29, 0.717) is 6.54 Å². The minimum absolute atomic E-state index is 0. The molecule has 0 saturated carbocycles. The fourth-order valence-electron chi connectivity index (χ4n) is 2.14. The zero-order valence-corrected chi connectivity index (χ0v) is 13.5. The molecule has 21 heavy (non-hydrogen) atoms. The van der Waals surface area contributed by atoms with E-state index in [9.17, 15) is 18.5 Å². The largest absolute Gasteiger partial charge is 0.312 e. The van der Waals surface area contributed by atoms with Crippen molar-refractivity contribution >= 4 is 39.7 Å². The third kappa shape index (κ3) is 3.64. The maximum absolute atomic E-state index is 12.6. The molecular formula is C11H15Cl2N3O4S. The summed E-state index contributed by atoms with van der Waals surface area (Å²) in [5.74, 6) is 0. The number of piperazine rings is 1. The summed E-state index contributed by atoms with van der Waals surface area (Å²) in [6.07, 6.45) is 0. The van der Waals surface area contributed by atoms with E-state index in [0.717, 1.165) is 6.07 Å². The molecule has 0 bridgehead atoms. The van der Waals surface area contributed by atoms with E-state index in [-0.39, 0.29) is 36.6 Å². The van der Waals surface area contributed by atoms with Crippen molar-refractivity contribution in [1.82, 2.24) is 9.62 Å². The van der Waals surface area contributed by atoms with Gasteiger partial charge >= 0.3 is 0 Å². The maximum atomic E-state index is 12.6. The van der Waals surface area contributed by atoms with E-state index < -0.39 is 25.5 Å². The first kappa shape index (κ1) is 18.1. The molecule has 2 rings (SSSR count). The number of benzene rings is 1. The molecule has 1 aliphatic heterocycles. The molecule has 1 aliphatic rings. The smallest absolute Gasteiger partial charge is 0.290 e. The quantitative estimate of drug-likeness (QED) is 0.657. The third-order valence-corrected chi connectivity index (χ3v) is 5.46. The lowest BCUT2D eigenvalue weighted by Crippen LogP contribution is -2.51. The van der Waals surface area contributed by atoms with Gasteiger partial charge in [-0.2, -0.15) is 4.31 Å². The molecule has 1 atom stereocenters. The Morgan fingerprint density at radius 2 is 2.14 bits per heavy atom. The van der Waals surface area contributed by atoms with Gasteiger partial charge < -0.3 is 5.32 Å². The van der Waals surface area contributed by atoms with Gasteiger partial charge in [-0.1, -0.05) is 17.7 Å². The highest BCUT2D eigenvalue weighted by atomic mass is 35.5. The predicted molar refractivity (Wildman–Crippen MR) is 81.6 cm³/mol. The minimum atomic E-state index is -3.98. The summed E-state index contributed by atoms with van der Waals surface area (Å²) in [7, 11) is -3.98. The van der Waals surface area contributed by atoms with Crippen LogP contribution in [0.25, 0.3) is 0 Å². The highest BCUT2D eigenvalue weighted by Crippen LogP contribution is 2.33. The molecule has 0 amide bonds. The number of hydrogen-bond acceptors (Lipinski definition) is 5. The van der Waals surface area contributed by atoms with Crippen LogP contribution in [0.15, 0.2) is 23.1 Å². The van der Waals surface area contributed by atoms with E-state index in [4.69, 9.17) is 11.6 Å². The van der Waals surface area contributed by atoms with Gasteiger partial charge in [-0.15, -0.1) is 12.4 Å². The van der Waals surface area contributed by atoms with Gasteiger partial charge in [0.25, 0.3) is 15.7 Å². The fourth-order valence-corrected chi connectivity index (χ4v) is 4.33. The molecule has 0 radical (unpaired) electrons. The molecule has 1 aromatic carbocycles. The normalized spacial score (nSPS) is 19.8. The van der Waals surface area contributed by atoms with Gasteiger partial charge in [-0.3, -0.25) is 10.1 Å². The summed E-state index contributed by atoms with van der Waals surface area (Å²) < 4.78 is 26.4. The molecule has 7 nitrogen and oxygen atoms in total. The van der Waals surface area contributed by atoms with Gasteiger partial charge in [-0.05, 0) is 13.0 Å². The van der Waals surface area contributed by atoms with Crippen molar-refractivity contribution in [2.75, 3.05) is 19.6 Å². The van der Waals surface area contributed by atoms with E-state index in [1.807, 2.05) is 6.92 Å². The van der Waals surface area contributed by atoms with E-state index in [1.54, 1.807) is 0 Å². The summed E-state index contributed by atoms with van der Waals surface area (Å²) in [5.41, 5.74) is -0.497. The van der Waals surface area contributed by atoms with Gasteiger partial charge in [0, 0.05) is 31.7 Å². The van der Waals surface area contributed by atoms with Crippen molar-refractivity contribution in [1.29, 1.82) is 0 Å². The van der Waals surface area contributed by atoms with Gasteiger partial charge in [0.15, 0.2) is 4.90 Å². The number of halogens is 2. The standard InChI is InChI=1S/C11H14ClN3O4S.ClH/c1-8-7-14(6-5-13-8)20(18,19)11-9(12)3-2-4-10(11)15(16)17;/h2-4,8,13H,5-7H2,1H3;1H. The number of hydrogen-bond donors (Lipinski definition) is 1. The van der Waals surface area contributed by atoms with Crippen LogP contribution in [0.3, 0.4) is 0 Å². The zero-order valence-electron chi connectivity index (χ0n) is 11.2. The average Bonchev–Trinajstić information content (AvgIpc) is 2.38. The molecule has 0 aliphatic carbocycles. The fraction of sp³-hybridized carbons (Fsp3) is 0.455. The van der Waals surface area contributed by atoms with Crippen molar-refractivity contribution in [3.05, 3.63) is 33.3 Å². The van der Waals surface area contributed by atoms with Crippen LogP contribution in [0.1, 0.15) is 6.92 Å². The molecule has 10 heteroatoms. The Kier molecular flexibility index (Phi) is 5.94. The summed E-state index contributed by atoms with van der Waals surface area (Å²) in [5, 5.41) is 14.0. The summed E-state index contributed by atoms with van der Waals surface area (Å²) in [6.45, 7) is 2.86. The topological polar surface area (TPSA) is 92.5 Å². The Bertz CT molecular complexity index is 638. The first-order valence-corrected chi connectivity index (χ1v) is 7.82.